The van der Waals surface area contributed by atoms with Crippen LogP contribution in [0.3, 0.4) is 0 Å². The fourth-order valence-corrected chi connectivity index (χ4v) is 2.37. The molecular formula is C21H22N2O2. The first-order valence-electron chi connectivity index (χ1n) is 8.58. The molecule has 0 unspecified atom stereocenters. The summed E-state index contributed by atoms with van der Waals surface area (Å²) in [5, 5.41) is 17.5. The van der Waals surface area contributed by atoms with E-state index in [0.29, 0.717) is 24.3 Å². The lowest BCUT2D eigenvalue weighted by atomic mass is 10.1. The maximum absolute atomic E-state index is 8.74. The molecule has 2 rings (SSSR count). The van der Waals surface area contributed by atoms with E-state index in [0.717, 1.165) is 43.6 Å². The Morgan fingerprint density at radius 1 is 0.560 bits per heavy atom. The molecule has 4 heteroatoms. The first-order valence-corrected chi connectivity index (χ1v) is 8.58. The SMILES string of the molecule is N#Cc1ccc(OCCCCCCCOc2ccc(C#N)cc2)cc1. The highest BCUT2D eigenvalue weighted by molar-refractivity contribution is 5.35. The monoisotopic (exact) mass is 334 g/mol. The topological polar surface area (TPSA) is 66.0 Å². The fraction of sp³-hybridized carbons (Fsp3) is 0.333. The van der Waals surface area contributed by atoms with Gasteiger partial charge < -0.3 is 9.47 Å². The van der Waals surface area contributed by atoms with E-state index in [4.69, 9.17) is 20.0 Å². The third-order valence-corrected chi connectivity index (χ3v) is 3.79. The molecule has 0 aliphatic heterocycles. The van der Waals surface area contributed by atoms with Gasteiger partial charge in [-0.25, -0.2) is 0 Å². The van der Waals surface area contributed by atoms with E-state index in [1.165, 1.54) is 0 Å². The Morgan fingerprint density at radius 3 is 1.28 bits per heavy atom. The Morgan fingerprint density at radius 2 is 0.920 bits per heavy atom. The lowest BCUT2D eigenvalue weighted by Gasteiger charge is -2.07. The molecule has 0 heterocycles. The minimum Gasteiger partial charge on any atom is -0.494 e. The lowest BCUT2D eigenvalue weighted by molar-refractivity contribution is 0.293. The van der Waals surface area contributed by atoms with E-state index >= 15 is 0 Å². The van der Waals surface area contributed by atoms with Gasteiger partial charge in [0.05, 0.1) is 36.5 Å². The van der Waals surface area contributed by atoms with Gasteiger partial charge in [-0.3, -0.25) is 0 Å². The maximum Gasteiger partial charge on any atom is 0.119 e. The molecular weight excluding hydrogens is 312 g/mol. The molecule has 25 heavy (non-hydrogen) atoms. The van der Waals surface area contributed by atoms with Crippen molar-refractivity contribution in [2.45, 2.75) is 32.1 Å². The molecule has 0 N–H and O–H groups in total. The molecule has 0 bridgehead atoms. The Hall–Kier alpha value is -2.98. The Balaban J connectivity index is 1.46. The van der Waals surface area contributed by atoms with Crippen LogP contribution in [0.1, 0.15) is 43.2 Å². The van der Waals surface area contributed by atoms with Crippen molar-refractivity contribution in [1.29, 1.82) is 10.5 Å². The summed E-state index contributed by atoms with van der Waals surface area (Å²) in [6.07, 6.45) is 5.47. The third kappa shape index (κ3) is 6.97. The van der Waals surface area contributed by atoms with E-state index in [1.54, 1.807) is 24.3 Å². The normalized spacial score (nSPS) is 9.84. The molecule has 2 aromatic rings. The molecule has 2 aromatic carbocycles. The van der Waals surface area contributed by atoms with Crippen LogP contribution in [0.4, 0.5) is 0 Å². The third-order valence-electron chi connectivity index (χ3n) is 3.79. The molecule has 0 aromatic heterocycles. The predicted molar refractivity (Wildman–Crippen MR) is 96.4 cm³/mol. The summed E-state index contributed by atoms with van der Waals surface area (Å²) in [6, 6.07) is 18.6. The molecule has 0 aliphatic carbocycles. The molecule has 0 atom stereocenters. The highest BCUT2D eigenvalue weighted by Gasteiger charge is 1.97. The Bertz CT molecular complexity index is 646. The van der Waals surface area contributed by atoms with Crippen LogP contribution in [0.5, 0.6) is 11.5 Å². The van der Waals surface area contributed by atoms with Crippen LogP contribution >= 0.6 is 0 Å². The van der Waals surface area contributed by atoms with Gasteiger partial charge in [-0.2, -0.15) is 10.5 Å². The highest BCUT2D eigenvalue weighted by Crippen LogP contribution is 2.14. The van der Waals surface area contributed by atoms with E-state index in [9.17, 15) is 0 Å². The van der Waals surface area contributed by atoms with Crippen LogP contribution in [0.2, 0.25) is 0 Å². The van der Waals surface area contributed by atoms with Crippen molar-refractivity contribution in [3.8, 4) is 23.6 Å². The summed E-state index contributed by atoms with van der Waals surface area (Å²) in [6.45, 7) is 1.40. The average Bonchev–Trinajstić information content (AvgIpc) is 2.67. The van der Waals surface area contributed by atoms with E-state index in [2.05, 4.69) is 12.1 Å². The summed E-state index contributed by atoms with van der Waals surface area (Å²) in [7, 11) is 0. The number of rotatable bonds is 10. The van der Waals surface area contributed by atoms with Crippen molar-refractivity contribution in [2.75, 3.05) is 13.2 Å². The van der Waals surface area contributed by atoms with Crippen LogP contribution in [0.15, 0.2) is 48.5 Å². The van der Waals surface area contributed by atoms with Crippen molar-refractivity contribution >= 4 is 0 Å². The molecule has 0 spiro atoms. The van der Waals surface area contributed by atoms with Gasteiger partial charge in [0, 0.05) is 0 Å². The summed E-state index contributed by atoms with van der Waals surface area (Å²) < 4.78 is 11.3. The molecule has 0 fully saturated rings. The van der Waals surface area contributed by atoms with Gasteiger partial charge in [0.15, 0.2) is 0 Å². The predicted octanol–water partition coefficient (Wildman–Crippen LogP) is 4.84. The first-order chi connectivity index (χ1) is 12.3. The maximum atomic E-state index is 8.74. The van der Waals surface area contributed by atoms with Crippen LogP contribution in [0, 0.1) is 22.7 Å². The number of benzene rings is 2. The second-order valence-corrected chi connectivity index (χ2v) is 5.74. The van der Waals surface area contributed by atoms with Crippen LogP contribution in [-0.4, -0.2) is 13.2 Å². The van der Waals surface area contributed by atoms with Crippen LogP contribution < -0.4 is 9.47 Å². The smallest absolute Gasteiger partial charge is 0.119 e. The van der Waals surface area contributed by atoms with Gasteiger partial charge in [0.25, 0.3) is 0 Å². The molecule has 0 amide bonds. The number of ether oxygens (including phenoxy) is 2. The van der Waals surface area contributed by atoms with Crippen molar-refractivity contribution in [3.63, 3.8) is 0 Å². The van der Waals surface area contributed by atoms with Gasteiger partial charge in [0.2, 0.25) is 0 Å². The van der Waals surface area contributed by atoms with Crippen molar-refractivity contribution < 1.29 is 9.47 Å². The second kappa shape index (κ2) is 10.7. The van der Waals surface area contributed by atoms with Crippen molar-refractivity contribution in [2.24, 2.45) is 0 Å². The minimum atomic E-state index is 0.649. The zero-order valence-electron chi connectivity index (χ0n) is 14.3. The molecule has 4 nitrogen and oxygen atoms in total. The standard InChI is InChI=1S/C21H22N2O2/c22-16-18-6-10-20(11-7-18)24-14-4-2-1-3-5-15-25-21-12-8-19(17-23)9-13-21/h6-13H,1-5,14-15H2. The Kier molecular flexibility index (Phi) is 7.88. The molecule has 0 aliphatic rings. The number of hydrogen-bond donors (Lipinski definition) is 0. The second-order valence-electron chi connectivity index (χ2n) is 5.74. The van der Waals surface area contributed by atoms with Crippen molar-refractivity contribution in [3.05, 3.63) is 59.7 Å². The van der Waals surface area contributed by atoms with Gasteiger partial charge in [-0.05, 0) is 61.4 Å². The van der Waals surface area contributed by atoms with Crippen molar-refractivity contribution in [1.82, 2.24) is 0 Å². The highest BCUT2D eigenvalue weighted by atomic mass is 16.5. The van der Waals surface area contributed by atoms with E-state index < -0.39 is 0 Å². The summed E-state index contributed by atoms with van der Waals surface area (Å²) in [5.41, 5.74) is 1.30. The first kappa shape index (κ1) is 18.4. The summed E-state index contributed by atoms with van der Waals surface area (Å²) >= 11 is 0. The lowest BCUT2D eigenvalue weighted by Crippen LogP contribution is -1.99. The molecule has 0 saturated carbocycles. The Labute approximate surface area is 149 Å². The molecule has 0 radical (unpaired) electrons. The number of nitrogens with zero attached hydrogens (tertiary/aromatic N) is 2. The zero-order chi connectivity index (χ0) is 17.7. The number of hydrogen-bond acceptors (Lipinski definition) is 4. The number of unbranched alkanes of at least 4 members (excludes halogenated alkanes) is 4. The van der Waals surface area contributed by atoms with Gasteiger partial charge in [-0.1, -0.05) is 19.3 Å². The molecule has 0 saturated heterocycles. The van der Waals surface area contributed by atoms with E-state index in [1.807, 2.05) is 24.3 Å². The number of nitriles is 2. The quantitative estimate of drug-likeness (QED) is 0.583. The van der Waals surface area contributed by atoms with Crippen LogP contribution in [-0.2, 0) is 0 Å². The zero-order valence-corrected chi connectivity index (χ0v) is 14.3. The van der Waals surface area contributed by atoms with Gasteiger partial charge >= 0.3 is 0 Å². The van der Waals surface area contributed by atoms with E-state index in [-0.39, 0.29) is 0 Å². The van der Waals surface area contributed by atoms with Crippen LogP contribution in [0.25, 0.3) is 0 Å². The van der Waals surface area contributed by atoms with Gasteiger partial charge in [0.1, 0.15) is 11.5 Å². The summed E-state index contributed by atoms with van der Waals surface area (Å²) in [4.78, 5) is 0. The molecule has 128 valence electrons. The van der Waals surface area contributed by atoms with Gasteiger partial charge in [-0.15, -0.1) is 0 Å². The largest absolute Gasteiger partial charge is 0.494 e. The average molecular weight is 334 g/mol. The minimum absolute atomic E-state index is 0.649. The fourth-order valence-electron chi connectivity index (χ4n) is 2.37. The summed E-state index contributed by atoms with van der Waals surface area (Å²) in [5.74, 6) is 1.63.